The van der Waals surface area contributed by atoms with Gasteiger partial charge in [0.25, 0.3) is 0 Å². The summed E-state index contributed by atoms with van der Waals surface area (Å²) in [5, 5.41) is 0. The molecule has 0 saturated heterocycles. The van der Waals surface area contributed by atoms with E-state index >= 15 is 0 Å². The van der Waals surface area contributed by atoms with Crippen LogP contribution in [0, 0.1) is 12.4 Å². The number of benzene rings is 1. The molecule has 2 N–H and O–H groups in total. The van der Waals surface area contributed by atoms with Crippen molar-refractivity contribution in [3.63, 3.8) is 0 Å². The van der Waals surface area contributed by atoms with Crippen LogP contribution in [0.3, 0.4) is 0 Å². The van der Waals surface area contributed by atoms with E-state index in [0.717, 1.165) is 4.31 Å². The number of Topliss-reactive ketones (excluding diaryl/α,β-unsaturated/α-hetero) is 1. The molecule has 160 valence electrons. The number of aliphatic imine (C=N–C) groups is 1. The summed E-state index contributed by atoms with van der Waals surface area (Å²) in [5.41, 5.74) is 5.56. The maximum atomic E-state index is 14.9. The van der Waals surface area contributed by atoms with E-state index in [1.54, 1.807) is 6.92 Å². The van der Waals surface area contributed by atoms with Crippen molar-refractivity contribution in [3.05, 3.63) is 70.6 Å². The van der Waals surface area contributed by atoms with Crippen molar-refractivity contribution in [2.45, 2.75) is 36.5 Å². The third kappa shape index (κ3) is 2.99. The molecule has 31 heavy (non-hydrogen) atoms. The van der Waals surface area contributed by atoms with Crippen LogP contribution in [-0.2, 0) is 22.0 Å². The molecule has 2 aromatic rings. The van der Waals surface area contributed by atoms with Crippen molar-refractivity contribution in [2.24, 2.45) is 10.7 Å². The highest BCUT2D eigenvalue weighted by molar-refractivity contribution is 7.91. The number of guanidine groups is 1. The van der Waals surface area contributed by atoms with Crippen molar-refractivity contribution in [1.82, 2.24) is 9.29 Å². The first-order valence-electron chi connectivity index (χ1n) is 9.55. The van der Waals surface area contributed by atoms with E-state index in [9.17, 15) is 17.6 Å². The van der Waals surface area contributed by atoms with E-state index in [-0.39, 0.29) is 29.4 Å². The molecule has 1 aromatic carbocycles. The molecule has 0 bridgehead atoms. The van der Waals surface area contributed by atoms with Crippen molar-refractivity contribution in [1.29, 1.82) is 0 Å². The fourth-order valence-electron chi connectivity index (χ4n) is 4.15. The van der Waals surface area contributed by atoms with Gasteiger partial charge in [0.05, 0.1) is 6.57 Å². The SMILES string of the molecule is [C-]#[N+]c1ccc(C(=O)Cc2ccc(F)c([C@@]3(C)N=C(N)N(C)S(=O)(=O)C34CC4)c2)nc1. The fraction of sp³-hybridized carbons (Fsp3) is 0.333. The van der Waals surface area contributed by atoms with E-state index in [4.69, 9.17) is 12.3 Å². The van der Waals surface area contributed by atoms with Crippen LogP contribution in [0.1, 0.15) is 41.4 Å². The highest BCUT2D eigenvalue weighted by Crippen LogP contribution is 2.60. The average Bonchev–Trinajstić information content (AvgIpc) is 3.56. The lowest BCUT2D eigenvalue weighted by atomic mass is 9.85. The van der Waals surface area contributed by atoms with Crippen molar-refractivity contribution < 1.29 is 17.6 Å². The third-order valence-corrected chi connectivity index (χ3v) is 8.89. The molecule has 0 radical (unpaired) electrons. The molecule has 1 aliphatic heterocycles. The van der Waals surface area contributed by atoms with Gasteiger partial charge in [0.2, 0.25) is 21.7 Å². The second kappa shape index (κ2) is 6.85. The van der Waals surface area contributed by atoms with E-state index in [0.29, 0.717) is 24.1 Å². The predicted octanol–water partition coefficient (Wildman–Crippen LogP) is 2.53. The standard InChI is InChI=1S/C21H20FN5O3S/c1-20(21(8-9-21)31(29,30)27(3)19(23)26-20)15-10-13(4-6-16(15)22)11-18(28)17-7-5-14(24-2)12-25-17/h4-7,10,12H,8-9,11H2,1,3H3,(H2,23,26)/t20-/m1/s1. The minimum atomic E-state index is -3.83. The van der Waals surface area contributed by atoms with Gasteiger partial charge in [0, 0.05) is 25.2 Å². The van der Waals surface area contributed by atoms with Gasteiger partial charge in [-0.25, -0.2) is 27.0 Å². The fourth-order valence-corrected chi connectivity index (χ4v) is 6.24. The molecule has 0 unspecified atom stereocenters. The van der Waals surface area contributed by atoms with Crippen molar-refractivity contribution >= 4 is 27.5 Å². The first-order chi connectivity index (χ1) is 14.6. The number of rotatable bonds is 4. The van der Waals surface area contributed by atoms with Gasteiger partial charge in [0.1, 0.15) is 21.8 Å². The average molecular weight is 441 g/mol. The number of sulfonamides is 1. The number of ketones is 1. The smallest absolute Gasteiger partial charge is 0.245 e. The highest BCUT2D eigenvalue weighted by atomic mass is 32.2. The molecule has 1 saturated carbocycles. The number of hydrogen-bond acceptors (Lipinski definition) is 6. The number of carbonyl (C=O) groups is 1. The molecule has 1 fully saturated rings. The molecule has 4 rings (SSSR count). The minimum absolute atomic E-state index is 0.0629. The Balaban J connectivity index is 1.73. The molecular weight excluding hydrogens is 421 g/mol. The first kappa shape index (κ1) is 20.9. The summed E-state index contributed by atoms with van der Waals surface area (Å²) < 4.78 is 40.8. The summed E-state index contributed by atoms with van der Waals surface area (Å²) in [5.74, 6) is -1.12. The Morgan fingerprint density at radius 3 is 2.61 bits per heavy atom. The van der Waals surface area contributed by atoms with Gasteiger partial charge in [-0.05, 0) is 43.5 Å². The number of pyridine rings is 1. The van der Waals surface area contributed by atoms with Crippen LogP contribution in [0.2, 0.25) is 0 Å². The molecule has 1 spiro atoms. The summed E-state index contributed by atoms with van der Waals surface area (Å²) in [4.78, 5) is 24.3. The van der Waals surface area contributed by atoms with E-state index in [1.807, 2.05) is 0 Å². The Morgan fingerprint density at radius 2 is 2.03 bits per heavy atom. The highest BCUT2D eigenvalue weighted by Gasteiger charge is 2.70. The second-order valence-corrected chi connectivity index (χ2v) is 10.2. The van der Waals surface area contributed by atoms with Gasteiger partial charge >= 0.3 is 0 Å². The van der Waals surface area contributed by atoms with E-state index in [1.165, 1.54) is 43.6 Å². The molecule has 8 nitrogen and oxygen atoms in total. The summed E-state index contributed by atoms with van der Waals surface area (Å²) in [6, 6.07) is 7.14. The lowest BCUT2D eigenvalue weighted by Gasteiger charge is -2.42. The topological polar surface area (TPSA) is 110 Å². The lowest BCUT2D eigenvalue weighted by molar-refractivity contribution is 0.0988. The van der Waals surface area contributed by atoms with Gasteiger partial charge in [-0.15, -0.1) is 0 Å². The molecule has 2 aliphatic rings. The predicted molar refractivity (Wildman–Crippen MR) is 113 cm³/mol. The lowest BCUT2D eigenvalue weighted by Crippen LogP contribution is -2.58. The van der Waals surface area contributed by atoms with Gasteiger partial charge in [-0.1, -0.05) is 12.1 Å². The van der Waals surface area contributed by atoms with Crippen LogP contribution in [0.4, 0.5) is 10.1 Å². The summed E-state index contributed by atoms with van der Waals surface area (Å²) in [6.07, 6.45) is 1.93. The first-order valence-corrected chi connectivity index (χ1v) is 11.0. The molecule has 0 amide bonds. The monoisotopic (exact) mass is 441 g/mol. The Bertz CT molecular complexity index is 1260. The van der Waals surface area contributed by atoms with Crippen LogP contribution in [0.5, 0.6) is 0 Å². The number of nitrogens with zero attached hydrogens (tertiary/aromatic N) is 4. The number of nitrogens with two attached hydrogens (primary N) is 1. The number of carbonyl (C=O) groups excluding carboxylic acids is 1. The molecule has 1 aromatic heterocycles. The van der Waals surface area contributed by atoms with E-state index in [2.05, 4.69) is 14.8 Å². The van der Waals surface area contributed by atoms with Crippen molar-refractivity contribution in [2.75, 3.05) is 7.05 Å². The zero-order valence-electron chi connectivity index (χ0n) is 17.0. The van der Waals surface area contributed by atoms with E-state index < -0.39 is 26.1 Å². The number of hydrogen-bond donors (Lipinski definition) is 1. The maximum absolute atomic E-state index is 14.9. The molecular formula is C21H20FN5O3S. The summed E-state index contributed by atoms with van der Waals surface area (Å²) >= 11 is 0. The Morgan fingerprint density at radius 1 is 1.32 bits per heavy atom. The van der Waals surface area contributed by atoms with Crippen molar-refractivity contribution in [3.8, 4) is 0 Å². The van der Waals surface area contributed by atoms with Crippen LogP contribution in [0.25, 0.3) is 4.85 Å². The summed E-state index contributed by atoms with van der Waals surface area (Å²) in [7, 11) is -2.49. The van der Waals surface area contributed by atoms with Gasteiger partial charge in [-0.3, -0.25) is 9.78 Å². The van der Waals surface area contributed by atoms with Crippen LogP contribution in [0.15, 0.2) is 41.5 Å². The third-order valence-electron chi connectivity index (χ3n) is 6.19. The largest absolute Gasteiger partial charge is 0.369 e. The molecule has 1 aliphatic carbocycles. The molecule has 2 heterocycles. The van der Waals surface area contributed by atoms with Crippen LogP contribution >= 0.6 is 0 Å². The van der Waals surface area contributed by atoms with Crippen LogP contribution < -0.4 is 5.73 Å². The summed E-state index contributed by atoms with van der Waals surface area (Å²) in [6.45, 7) is 8.53. The van der Waals surface area contributed by atoms with Gasteiger partial charge in [0.15, 0.2) is 5.78 Å². The minimum Gasteiger partial charge on any atom is -0.369 e. The maximum Gasteiger partial charge on any atom is 0.245 e. The quantitative estimate of drug-likeness (QED) is 0.579. The number of aromatic nitrogens is 1. The molecule has 1 atom stereocenters. The van der Waals surface area contributed by atoms with Gasteiger partial charge < -0.3 is 5.73 Å². The zero-order valence-corrected chi connectivity index (χ0v) is 17.8. The van der Waals surface area contributed by atoms with Crippen LogP contribution in [-0.4, -0.2) is 41.2 Å². The molecule has 10 heteroatoms. The normalized spacial score (nSPS) is 23.2. The Labute approximate surface area is 179 Å². The zero-order chi connectivity index (χ0) is 22.6. The number of halogens is 1. The van der Waals surface area contributed by atoms with Gasteiger partial charge in [-0.2, -0.15) is 0 Å². The Hall–Kier alpha value is -3.32. The Kier molecular flexibility index (Phi) is 4.63. The second-order valence-electron chi connectivity index (χ2n) is 7.94.